The monoisotopic (exact) mass is 699 g/mol. The second-order valence-electron chi connectivity index (χ2n) is 11.2. The van der Waals surface area contributed by atoms with E-state index in [1.165, 1.54) is 26.4 Å². The van der Waals surface area contributed by atoms with Crippen LogP contribution in [0, 0.1) is 11.6 Å². The molecule has 2 aromatic carbocycles. The van der Waals surface area contributed by atoms with E-state index in [2.05, 4.69) is 15.3 Å². The number of carboxylic acids is 2. The van der Waals surface area contributed by atoms with Crippen molar-refractivity contribution in [1.29, 1.82) is 0 Å². The molecule has 2 atom stereocenters. The van der Waals surface area contributed by atoms with E-state index < -0.39 is 42.2 Å². The minimum Gasteiger partial charge on any atom is -0.481 e. The summed E-state index contributed by atoms with van der Waals surface area (Å²) in [7, 11) is 2.81. The number of ether oxygens (including phenoxy) is 2. The number of halogens is 3. The van der Waals surface area contributed by atoms with Crippen molar-refractivity contribution in [3.8, 4) is 45.4 Å². The van der Waals surface area contributed by atoms with Crippen molar-refractivity contribution in [1.82, 2.24) is 15.3 Å². The molecule has 5 N–H and O–H groups in total. The van der Waals surface area contributed by atoms with Crippen LogP contribution in [0.2, 0.25) is 5.02 Å². The second kappa shape index (κ2) is 17.1. The van der Waals surface area contributed by atoms with Crippen LogP contribution in [0.1, 0.15) is 36.8 Å². The van der Waals surface area contributed by atoms with E-state index in [1.807, 2.05) is 0 Å². The molecular weight excluding hydrogens is 664 g/mol. The SMILES string of the molecule is COc1nc(-c2cccc(-c3ccc(F)c(-c4ccc(CCC[C@@H](O)CC(=O)O)c(OC)n4)c3F)c2Cl)ccc1CNC[C@@H](O)CC(=O)O. The lowest BCUT2D eigenvalue weighted by Gasteiger charge is -2.16. The summed E-state index contributed by atoms with van der Waals surface area (Å²) in [6.07, 6.45) is -1.74. The van der Waals surface area contributed by atoms with Crippen LogP contribution in [0.4, 0.5) is 8.78 Å². The standard InChI is InChI=1S/C35H36ClF2N3O8/c1-48-34-19(5-3-6-21(42)15-29(44)45)9-14-28(41-34)31-26(37)12-11-24(33(31)38)23-7-4-8-25(32(23)36)27-13-10-20(35(40-27)49-2)17-39-18-22(43)16-30(46)47/h4,7-14,21-22,39,42-43H,3,5-6,15-18H2,1-2H3,(H,44,45)(H,46,47)/t21-,22+/m1/s1. The fraction of sp³-hybridized carbons (Fsp3) is 0.314. The van der Waals surface area contributed by atoms with E-state index >= 15 is 8.78 Å². The smallest absolute Gasteiger partial charge is 0.306 e. The first-order valence-corrected chi connectivity index (χ1v) is 15.7. The molecule has 0 aliphatic carbocycles. The maximum Gasteiger partial charge on any atom is 0.306 e. The molecule has 0 saturated carbocycles. The largest absolute Gasteiger partial charge is 0.481 e. The maximum absolute atomic E-state index is 16.2. The number of carboxylic acid groups (broad SMARTS) is 2. The normalized spacial score (nSPS) is 12.4. The van der Waals surface area contributed by atoms with Gasteiger partial charge < -0.3 is 35.2 Å². The van der Waals surface area contributed by atoms with Crippen molar-refractivity contribution in [2.24, 2.45) is 0 Å². The average molecular weight is 700 g/mol. The topological polar surface area (TPSA) is 171 Å². The molecule has 2 heterocycles. The highest BCUT2D eigenvalue weighted by Crippen LogP contribution is 2.40. The van der Waals surface area contributed by atoms with Gasteiger partial charge in [-0.25, -0.2) is 18.7 Å². The van der Waals surface area contributed by atoms with E-state index in [1.54, 1.807) is 36.4 Å². The fourth-order valence-corrected chi connectivity index (χ4v) is 5.64. The van der Waals surface area contributed by atoms with E-state index in [4.69, 9.17) is 31.3 Å². The molecule has 4 aromatic rings. The van der Waals surface area contributed by atoms with Crippen molar-refractivity contribution in [2.75, 3.05) is 20.8 Å². The van der Waals surface area contributed by atoms with Crippen LogP contribution in [-0.2, 0) is 22.6 Å². The Kier molecular flexibility index (Phi) is 13.0. The number of aryl methyl sites for hydroxylation is 1. The van der Waals surface area contributed by atoms with E-state index in [9.17, 15) is 19.8 Å². The number of nitrogens with zero attached hydrogens (tertiary/aromatic N) is 2. The van der Waals surface area contributed by atoms with Gasteiger partial charge in [0.05, 0.1) is 61.2 Å². The lowest BCUT2D eigenvalue weighted by atomic mass is 9.96. The lowest BCUT2D eigenvalue weighted by molar-refractivity contribution is -0.140. The van der Waals surface area contributed by atoms with Crippen LogP contribution in [0.5, 0.6) is 11.8 Å². The van der Waals surface area contributed by atoms with Gasteiger partial charge in [-0.2, -0.15) is 0 Å². The molecule has 0 saturated heterocycles. The molecule has 260 valence electrons. The molecule has 0 aliphatic rings. The maximum atomic E-state index is 16.2. The number of methoxy groups -OCH3 is 2. The first-order valence-electron chi connectivity index (χ1n) is 15.3. The van der Waals surface area contributed by atoms with Gasteiger partial charge in [-0.1, -0.05) is 41.9 Å². The van der Waals surface area contributed by atoms with Gasteiger partial charge in [-0.3, -0.25) is 9.59 Å². The van der Waals surface area contributed by atoms with E-state index in [0.717, 1.165) is 6.07 Å². The number of carbonyl (C=O) groups is 2. The van der Waals surface area contributed by atoms with E-state index in [0.29, 0.717) is 35.2 Å². The van der Waals surface area contributed by atoms with Crippen LogP contribution in [-0.4, -0.2) is 75.3 Å². The van der Waals surface area contributed by atoms with Crippen molar-refractivity contribution in [2.45, 2.75) is 50.9 Å². The van der Waals surface area contributed by atoms with Crippen molar-refractivity contribution in [3.05, 3.63) is 82.4 Å². The highest BCUT2D eigenvalue weighted by molar-refractivity contribution is 6.36. The number of aromatic nitrogens is 2. The van der Waals surface area contributed by atoms with Crippen molar-refractivity contribution >= 4 is 23.5 Å². The number of hydrogen-bond acceptors (Lipinski definition) is 9. The lowest BCUT2D eigenvalue weighted by Crippen LogP contribution is -2.28. The zero-order chi connectivity index (χ0) is 35.7. The molecule has 0 radical (unpaired) electrons. The number of pyridine rings is 2. The predicted octanol–water partition coefficient (Wildman–Crippen LogP) is 5.51. The molecule has 4 rings (SSSR count). The molecule has 11 nitrogen and oxygen atoms in total. The summed E-state index contributed by atoms with van der Waals surface area (Å²) in [6.45, 7) is 0.282. The number of rotatable bonds is 17. The second-order valence-corrected chi connectivity index (χ2v) is 11.6. The third-order valence-corrected chi connectivity index (χ3v) is 8.08. The van der Waals surface area contributed by atoms with Crippen LogP contribution >= 0.6 is 11.6 Å². The Bertz CT molecular complexity index is 1810. The Morgan fingerprint density at radius 1 is 0.816 bits per heavy atom. The number of hydrogen-bond donors (Lipinski definition) is 5. The predicted molar refractivity (Wildman–Crippen MR) is 178 cm³/mol. The Morgan fingerprint density at radius 2 is 1.43 bits per heavy atom. The average Bonchev–Trinajstić information content (AvgIpc) is 3.05. The molecule has 0 amide bonds. The van der Waals surface area contributed by atoms with Gasteiger partial charge in [-0.05, 0) is 43.5 Å². The molecule has 0 fully saturated rings. The van der Waals surface area contributed by atoms with Gasteiger partial charge in [0.15, 0.2) is 0 Å². The molecule has 14 heteroatoms. The van der Waals surface area contributed by atoms with Gasteiger partial charge in [0.1, 0.15) is 11.6 Å². The Hall–Kier alpha value is -4.69. The summed E-state index contributed by atoms with van der Waals surface area (Å²) in [5.74, 6) is -3.55. The van der Waals surface area contributed by atoms with E-state index in [-0.39, 0.29) is 65.1 Å². The molecule has 2 aromatic heterocycles. The van der Waals surface area contributed by atoms with Gasteiger partial charge >= 0.3 is 11.9 Å². The van der Waals surface area contributed by atoms with Crippen LogP contribution in [0.3, 0.4) is 0 Å². The zero-order valence-corrected chi connectivity index (χ0v) is 27.5. The van der Waals surface area contributed by atoms with Crippen LogP contribution in [0.25, 0.3) is 33.6 Å². The summed E-state index contributed by atoms with van der Waals surface area (Å²) in [5.41, 5.74) is 2.04. The Balaban J connectivity index is 1.60. The Morgan fingerprint density at radius 3 is 2.12 bits per heavy atom. The number of aliphatic hydroxyl groups excluding tert-OH is 2. The van der Waals surface area contributed by atoms with Crippen LogP contribution in [0.15, 0.2) is 54.6 Å². The fourth-order valence-electron chi connectivity index (χ4n) is 5.32. The molecule has 0 bridgehead atoms. The van der Waals surface area contributed by atoms with Crippen molar-refractivity contribution in [3.63, 3.8) is 0 Å². The number of nitrogens with one attached hydrogen (secondary N) is 1. The third-order valence-electron chi connectivity index (χ3n) is 7.68. The summed E-state index contributed by atoms with van der Waals surface area (Å²) < 4.78 is 42.3. The van der Waals surface area contributed by atoms with Gasteiger partial charge in [0, 0.05) is 40.9 Å². The summed E-state index contributed by atoms with van der Waals surface area (Å²) in [6, 6.07) is 13.9. The summed E-state index contributed by atoms with van der Waals surface area (Å²) in [4.78, 5) is 30.5. The van der Waals surface area contributed by atoms with Gasteiger partial charge in [0.2, 0.25) is 11.8 Å². The zero-order valence-electron chi connectivity index (χ0n) is 26.8. The summed E-state index contributed by atoms with van der Waals surface area (Å²) in [5, 5.41) is 40.4. The number of benzene rings is 2. The van der Waals surface area contributed by atoms with Gasteiger partial charge in [-0.15, -0.1) is 0 Å². The van der Waals surface area contributed by atoms with Gasteiger partial charge in [0.25, 0.3) is 0 Å². The molecule has 0 spiro atoms. The quantitative estimate of drug-likeness (QED) is 0.0941. The summed E-state index contributed by atoms with van der Waals surface area (Å²) >= 11 is 6.83. The van der Waals surface area contributed by atoms with Crippen molar-refractivity contribution < 1.29 is 48.3 Å². The minimum absolute atomic E-state index is 0.0123. The first-order chi connectivity index (χ1) is 23.4. The molecule has 0 aliphatic heterocycles. The highest BCUT2D eigenvalue weighted by Gasteiger charge is 2.22. The minimum atomic E-state index is -1.11. The molecule has 0 unspecified atom stereocenters. The molecular formula is C35H36ClF2N3O8. The highest BCUT2D eigenvalue weighted by atomic mass is 35.5. The first kappa shape index (κ1) is 37.1. The van der Waals surface area contributed by atoms with Crippen LogP contribution < -0.4 is 14.8 Å². The number of aliphatic carboxylic acids is 2. The Labute approximate surface area is 286 Å². The third kappa shape index (κ3) is 9.48. The number of aliphatic hydroxyl groups is 2. The molecule has 49 heavy (non-hydrogen) atoms.